The maximum absolute atomic E-state index is 11.7. The van der Waals surface area contributed by atoms with Crippen molar-refractivity contribution in [3.63, 3.8) is 0 Å². The minimum Gasteiger partial charge on any atom is -0.355 e. The van der Waals surface area contributed by atoms with Gasteiger partial charge in [0.2, 0.25) is 5.91 Å². The van der Waals surface area contributed by atoms with Crippen LogP contribution >= 0.6 is 11.8 Å². The van der Waals surface area contributed by atoms with Gasteiger partial charge in [-0.15, -0.1) is 11.8 Å². The fourth-order valence-electron chi connectivity index (χ4n) is 1.73. The molecule has 3 nitrogen and oxygen atoms in total. The Labute approximate surface area is 133 Å². The molecule has 1 rings (SSSR count). The molecule has 2 N–H and O–H groups in total. The smallest absolute Gasteiger partial charge is 0.230 e. The third-order valence-corrected chi connectivity index (χ3v) is 3.89. The van der Waals surface area contributed by atoms with Crippen molar-refractivity contribution in [2.75, 3.05) is 18.8 Å². The molecule has 4 heteroatoms. The zero-order chi connectivity index (χ0) is 15.7. The maximum atomic E-state index is 11.7. The lowest BCUT2D eigenvalue weighted by Gasteiger charge is -2.09. The molecule has 1 amide bonds. The Balaban J connectivity index is 2.29. The minimum atomic E-state index is 0.108. The first kappa shape index (κ1) is 18.1. The molecule has 0 unspecified atom stereocenters. The Morgan fingerprint density at radius 3 is 2.24 bits per heavy atom. The molecule has 118 valence electrons. The van der Waals surface area contributed by atoms with E-state index in [-0.39, 0.29) is 5.91 Å². The summed E-state index contributed by atoms with van der Waals surface area (Å²) in [5, 5.41) is 6.36. The summed E-state index contributed by atoms with van der Waals surface area (Å²) in [6.45, 7) is 11.3. The Morgan fingerprint density at radius 2 is 1.67 bits per heavy atom. The second-order valence-electron chi connectivity index (χ2n) is 6.16. The van der Waals surface area contributed by atoms with E-state index in [9.17, 15) is 4.79 Å². The van der Waals surface area contributed by atoms with Gasteiger partial charge in [-0.3, -0.25) is 4.79 Å². The highest BCUT2D eigenvalue weighted by molar-refractivity contribution is 8.00. The number of benzene rings is 1. The minimum absolute atomic E-state index is 0.108. The highest BCUT2D eigenvalue weighted by Crippen LogP contribution is 2.18. The molecule has 0 aliphatic carbocycles. The summed E-state index contributed by atoms with van der Waals surface area (Å²) in [5.74, 6) is 1.76. The predicted molar refractivity (Wildman–Crippen MR) is 91.6 cm³/mol. The number of rotatable bonds is 9. The second kappa shape index (κ2) is 9.85. The van der Waals surface area contributed by atoms with Gasteiger partial charge >= 0.3 is 0 Å². The van der Waals surface area contributed by atoms with E-state index in [2.05, 4.69) is 62.6 Å². The molecule has 0 spiro atoms. The molecule has 1 aromatic rings. The van der Waals surface area contributed by atoms with Crippen LogP contribution in [-0.4, -0.2) is 24.7 Å². The highest BCUT2D eigenvalue weighted by atomic mass is 32.2. The van der Waals surface area contributed by atoms with Crippen LogP contribution in [0.15, 0.2) is 29.2 Å². The van der Waals surface area contributed by atoms with Crippen molar-refractivity contribution in [1.29, 1.82) is 0 Å². The molecule has 0 atom stereocenters. The monoisotopic (exact) mass is 308 g/mol. The van der Waals surface area contributed by atoms with E-state index in [1.54, 1.807) is 11.8 Å². The Morgan fingerprint density at radius 1 is 1.05 bits per heavy atom. The molecule has 0 aromatic heterocycles. The van der Waals surface area contributed by atoms with Gasteiger partial charge in [0, 0.05) is 18.0 Å². The normalized spacial score (nSPS) is 11.1. The van der Waals surface area contributed by atoms with E-state index < -0.39 is 0 Å². The van der Waals surface area contributed by atoms with Crippen LogP contribution in [-0.2, 0) is 11.3 Å². The van der Waals surface area contributed by atoms with Crippen LogP contribution in [0.1, 0.15) is 33.3 Å². The summed E-state index contributed by atoms with van der Waals surface area (Å²) in [7, 11) is 0. The SMILES string of the molecule is CC(C)CNCc1ccc(SCC(=O)NCC(C)C)cc1. The van der Waals surface area contributed by atoms with Gasteiger partial charge in [-0.1, -0.05) is 39.8 Å². The number of carbonyl (C=O) groups is 1. The molecule has 0 bridgehead atoms. The highest BCUT2D eigenvalue weighted by Gasteiger charge is 2.04. The van der Waals surface area contributed by atoms with Crippen molar-refractivity contribution in [3.05, 3.63) is 29.8 Å². The lowest BCUT2D eigenvalue weighted by molar-refractivity contribution is -0.118. The quantitative estimate of drug-likeness (QED) is 0.688. The summed E-state index contributed by atoms with van der Waals surface area (Å²) in [6.07, 6.45) is 0. The van der Waals surface area contributed by atoms with E-state index in [0.717, 1.165) is 24.5 Å². The standard InChI is InChI=1S/C17H28N2OS/c1-13(2)9-18-11-15-5-7-16(8-6-15)21-12-17(20)19-10-14(3)4/h5-8,13-14,18H,9-12H2,1-4H3,(H,19,20). The third kappa shape index (κ3) is 8.79. The third-order valence-electron chi connectivity index (χ3n) is 2.88. The van der Waals surface area contributed by atoms with Crippen molar-refractivity contribution < 1.29 is 4.79 Å². The van der Waals surface area contributed by atoms with Crippen LogP contribution in [0.5, 0.6) is 0 Å². The summed E-state index contributed by atoms with van der Waals surface area (Å²) < 4.78 is 0. The largest absolute Gasteiger partial charge is 0.355 e. The fraction of sp³-hybridized carbons (Fsp3) is 0.588. The average Bonchev–Trinajstić information content (AvgIpc) is 2.44. The van der Waals surface area contributed by atoms with Gasteiger partial charge in [-0.2, -0.15) is 0 Å². The summed E-state index contributed by atoms with van der Waals surface area (Å²) in [4.78, 5) is 12.8. The lowest BCUT2D eigenvalue weighted by atomic mass is 10.2. The molecular formula is C17H28N2OS. The molecule has 0 aliphatic rings. The number of thioether (sulfide) groups is 1. The van der Waals surface area contributed by atoms with Crippen LogP contribution in [0.25, 0.3) is 0 Å². The first-order valence-corrected chi connectivity index (χ1v) is 8.65. The van der Waals surface area contributed by atoms with Crippen LogP contribution < -0.4 is 10.6 Å². The van der Waals surface area contributed by atoms with E-state index in [4.69, 9.17) is 0 Å². The second-order valence-corrected chi connectivity index (χ2v) is 7.20. The molecular weight excluding hydrogens is 280 g/mol. The number of hydrogen-bond donors (Lipinski definition) is 2. The van der Waals surface area contributed by atoms with Crippen LogP contribution in [0, 0.1) is 11.8 Å². The molecule has 0 fully saturated rings. The number of hydrogen-bond acceptors (Lipinski definition) is 3. The van der Waals surface area contributed by atoms with Gasteiger partial charge in [0.1, 0.15) is 0 Å². The number of carbonyl (C=O) groups excluding carboxylic acids is 1. The Hall–Kier alpha value is -1.00. The molecule has 0 saturated carbocycles. The fourth-order valence-corrected chi connectivity index (χ4v) is 2.45. The van der Waals surface area contributed by atoms with Gasteiger partial charge in [0.25, 0.3) is 0 Å². The van der Waals surface area contributed by atoms with Crippen molar-refractivity contribution in [2.45, 2.75) is 39.1 Å². The van der Waals surface area contributed by atoms with Gasteiger partial charge < -0.3 is 10.6 Å². The van der Waals surface area contributed by atoms with Crippen LogP contribution in [0.3, 0.4) is 0 Å². The first-order valence-electron chi connectivity index (χ1n) is 7.66. The number of nitrogens with one attached hydrogen (secondary N) is 2. The van der Waals surface area contributed by atoms with Crippen LogP contribution in [0.2, 0.25) is 0 Å². The molecule has 0 radical (unpaired) electrons. The van der Waals surface area contributed by atoms with Crippen molar-refractivity contribution in [2.24, 2.45) is 11.8 Å². The first-order chi connectivity index (χ1) is 9.97. The Kier molecular flexibility index (Phi) is 8.47. The van der Waals surface area contributed by atoms with Gasteiger partial charge in [0.05, 0.1) is 5.75 Å². The topological polar surface area (TPSA) is 41.1 Å². The van der Waals surface area contributed by atoms with Crippen molar-refractivity contribution in [1.82, 2.24) is 10.6 Å². The maximum Gasteiger partial charge on any atom is 0.230 e. The zero-order valence-electron chi connectivity index (χ0n) is 13.6. The Bertz CT molecular complexity index is 415. The van der Waals surface area contributed by atoms with Crippen molar-refractivity contribution in [3.8, 4) is 0 Å². The number of amides is 1. The average molecular weight is 308 g/mol. The molecule has 1 aromatic carbocycles. The summed E-state index contributed by atoms with van der Waals surface area (Å²) in [6, 6.07) is 8.43. The van der Waals surface area contributed by atoms with Crippen molar-refractivity contribution >= 4 is 17.7 Å². The van der Waals surface area contributed by atoms with Gasteiger partial charge in [-0.05, 0) is 36.1 Å². The van der Waals surface area contributed by atoms with E-state index in [1.165, 1.54) is 5.56 Å². The molecule has 21 heavy (non-hydrogen) atoms. The molecule has 0 heterocycles. The summed E-state index contributed by atoms with van der Waals surface area (Å²) >= 11 is 1.59. The van der Waals surface area contributed by atoms with E-state index in [1.807, 2.05) is 0 Å². The lowest BCUT2D eigenvalue weighted by Crippen LogP contribution is -2.28. The summed E-state index contributed by atoms with van der Waals surface area (Å²) in [5.41, 5.74) is 1.28. The van der Waals surface area contributed by atoms with Crippen LogP contribution in [0.4, 0.5) is 0 Å². The molecule has 0 saturated heterocycles. The van der Waals surface area contributed by atoms with E-state index in [0.29, 0.717) is 17.6 Å². The molecule has 0 aliphatic heterocycles. The zero-order valence-corrected chi connectivity index (χ0v) is 14.4. The van der Waals surface area contributed by atoms with Gasteiger partial charge in [0.15, 0.2) is 0 Å². The van der Waals surface area contributed by atoms with Gasteiger partial charge in [-0.25, -0.2) is 0 Å². The predicted octanol–water partition coefficient (Wildman–Crippen LogP) is 3.30. The van der Waals surface area contributed by atoms with E-state index >= 15 is 0 Å².